The van der Waals surface area contributed by atoms with Crippen LogP contribution in [-0.4, -0.2) is 12.4 Å². The van der Waals surface area contributed by atoms with E-state index in [2.05, 4.69) is 4.74 Å². The summed E-state index contributed by atoms with van der Waals surface area (Å²) in [5.41, 5.74) is 0. The third-order valence-electron chi connectivity index (χ3n) is 0.262. The van der Waals surface area contributed by atoms with Crippen LogP contribution in [0.4, 0.5) is 0 Å². The van der Waals surface area contributed by atoms with E-state index >= 15 is 0 Å². The molecule has 0 saturated heterocycles. The first-order chi connectivity index (χ1) is 3.13. The molecule has 0 aliphatic carbocycles. The van der Waals surface area contributed by atoms with Gasteiger partial charge in [0.1, 0.15) is 0 Å². The molecule has 7 heavy (non-hydrogen) atoms. The Labute approximate surface area is 40.3 Å². The highest BCUT2D eigenvalue weighted by molar-refractivity contribution is 5.65. The Morgan fingerprint density at radius 1 is 1.57 bits per heavy atom. The Balaban J connectivity index is 3.13. The van der Waals surface area contributed by atoms with Gasteiger partial charge in [0.2, 0.25) is 0 Å². The standard InChI is InChI=1S/C3H4O4/c1-2(4)7-3(5)6/h3H,1H3. The molecule has 2 radical (unpaired) electrons. The van der Waals surface area contributed by atoms with Crippen LogP contribution in [0.2, 0.25) is 0 Å². The largest absolute Gasteiger partial charge is 0.407 e. The Morgan fingerprint density at radius 2 is 2.00 bits per heavy atom. The minimum atomic E-state index is -2.47. The van der Waals surface area contributed by atoms with Crippen LogP contribution in [0.25, 0.3) is 0 Å². The highest BCUT2D eigenvalue weighted by Gasteiger charge is 2.01. The Morgan fingerprint density at radius 3 is 2.00 bits per heavy atom. The molecule has 0 aromatic rings. The van der Waals surface area contributed by atoms with E-state index in [0.717, 1.165) is 6.92 Å². The summed E-state index contributed by atoms with van der Waals surface area (Å²) in [6.45, 7) is -1.47. The number of hydrogen-bond acceptors (Lipinski definition) is 2. The predicted octanol–water partition coefficient (Wildman–Crippen LogP) is -0.306. The van der Waals surface area contributed by atoms with Gasteiger partial charge in [0.05, 0.1) is 0 Å². The molecule has 0 fully saturated rings. The van der Waals surface area contributed by atoms with Crippen molar-refractivity contribution in [1.82, 2.24) is 0 Å². The molecule has 4 nitrogen and oxygen atoms in total. The highest BCUT2D eigenvalue weighted by atomic mass is 16.7. The molecule has 0 aliphatic heterocycles. The molecule has 0 aliphatic rings. The van der Waals surface area contributed by atoms with Crippen molar-refractivity contribution < 1.29 is 19.7 Å². The zero-order valence-electron chi connectivity index (χ0n) is 3.71. The van der Waals surface area contributed by atoms with Crippen LogP contribution >= 0.6 is 0 Å². The lowest BCUT2D eigenvalue weighted by Gasteiger charge is -1.94. The fourth-order valence-electron chi connectivity index (χ4n) is 0.136. The van der Waals surface area contributed by atoms with Gasteiger partial charge in [-0.05, 0) is 0 Å². The van der Waals surface area contributed by atoms with Crippen LogP contribution in [0.3, 0.4) is 0 Å². The minimum Gasteiger partial charge on any atom is -0.407 e. The molecule has 0 atom stereocenters. The van der Waals surface area contributed by atoms with Gasteiger partial charge in [-0.25, -0.2) is 0 Å². The lowest BCUT2D eigenvalue weighted by atomic mass is 10.8. The average Bonchev–Trinajstić information content (AvgIpc) is 1.27. The van der Waals surface area contributed by atoms with Crippen molar-refractivity contribution in [3.63, 3.8) is 0 Å². The van der Waals surface area contributed by atoms with Crippen molar-refractivity contribution in [2.24, 2.45) is 0 Å². The zero-order valence-corrected chi connectivity index (χ0v) is 3.71. The molecule has 0 N–H and O–H groups in total. The maximum atomic E-state index is 9.63. The van der Waals surface area contributed by atoms with Crippen LogP contribution in [0.1, 0.15) is 6.92 Å². The zero-order chi connectivity index (χ0) is 5.86. The molecule has 0 amide bonds. The Bertz CT molecular complexity index is 67.3. The third-order valence-corrected chi connectivity index (χ3v) is 0.262. The maximum Gasteiger partial charge on any atom is 0.373 e. The van der Waals surface area contributed by atoms with Gasteiger partial charge in [-0.1, -0.05) is 0 Å². The molecule has 0 aromatic carbocycles. The summed E-state index contributed by atoms with van der Waals surface area (Å²) in [7, 11) is 0. The third kappa shape index (κ3) is 5.39. The Hall–Kier alpha value is -0.610. The molecule has 4 heteroatoms. The van der Waals surface area contributed by atoms with E-state index in [1.807, 2.05) is 0 Å². The first-order valence-corrected chi connectivity index (χ1v) is 1.62. The average molecular weight is 104 g/mol. The van der Waals surface area contributed by atoms with Gasteiger partial charge in [-0.2, -0.15) is 10.2 Å². The number of hydrogen-bond donors (Lipinski definition) is 0. The lowest BCUT2D eigenvalue weighted by molar-refractivity contribution is -0.281. The first-order valence-electron chi connectivity index (χ1n) is 1.62. The Kier molecular flexibility index (Phi) is 2.32. The highest BCUT2D eigenvalue weighted by Crippen LogP contribution is 1.80. The van der Waals surface area contributed by atoms with Crippen molar-refractivity contribution >= 4 is 5.97 Å². The quantitative estimate of drug-likeness (QED) is 0.338. The minimum absolute atomic E-state index is 0.838. The second-order valence-electron chi connectivity index (χ2n) is 0.898. The van der Waals surface area contributed by atoms with Crippen molar-refractivity contribution in [1.29, 1.82) is 0 Å². The van der Waals surface area contributed by atoms with Crippen LogP contribution in [0, 0.1) is 0 Å². The van der Waals surface area contributed by atoms with Gasteiger partial charge in [0.15, 0.2) is 0 Å². The number of carbonyl (C=O) groups excluding carboxylic acids is 1. The van der Waals surface area contributed by atoms with E-state index in [4.69, 9.17) is 0 Å². The van der Waals surface area contributed by atoms with Crippen molar-refractivity contribution in [3.8, 4) is 0 Å². The van der Waals surface area contributed by atoms with Crippen molar-refractivity contribution in [3.05, 3.63) is 0 Å². The van der Waals surface area contributed by atoms with Crippen LogP contribution < -0.4 is 0 Å². The molecule has 0 heterocycles. The van der Waals surface area contributed by atoms with Crippen molar-refractivity contribution in [2.75, 3.05) is 0 Å². The molecule has 0 saturated carbocycles. The predicted molar refractivity (Wildman–Crippen MR) is 16.9 cm³/mol. The van der Waals surface area contributed by atoms with Gasteiger partial charge < -0.3 is 4.74 Å². The number of ether oxygens (including phenoxy) is 1. The van der Waals surface area contributed by atoms with Crippen LogP contribution in [0.5, 0.6) is 0 Å². The van der Waals surface area contributed by atoms with Crippen LogP contribution in [0.15, 0.2) is 0 Å². The molecule has 0 bridgehead atoms. The fourth-order valence-corrected chi connectivity index (χ4v) is 0.136. The van der Waals surface area contributed by atoms with Gasteiger partial charge >= 0.3 is 12.4 Å². The van der Waals surface area contributed by atoms with E-state index in [1.54, 1.807) is 0 Å². The van der Waals surface area contributed by atoms with E-state index < -0.39 is 12.4 Å². The summed E-state index contributed by atoms with van der Waals surface area (Å²) in [6.07, 6.45) is 0. The second kappa shape index (κ2) is 2.54. The summed E-state index contributed by atoms with van der Waals surface area (Å²) in [4.78, 5) is 9.63. The molecule has 0 rings (SSSR count). The van der Waals surface area contributed by atoms with Crippen LogP contribution in [-0.2, 0) is 19.7 Å². The first kappa shape index (κ1) is 6.39. The lowest BCUT2D eigenvalue weighted by Crippen LogP contribution is -2.10. The molecule has 0 aromatic heterocycles. The van der Waals surface area contributed by atoms with E-state index in [0.29, 0.717) is 0 Å². The topological polar surface area (TPSA) is 66.1 Å². The van der Waals surface area contributed by atoms with E-state index in [9.17, 15) is 15.0 Å². The number of esters is 1. The van der Waals surface area contributed by atoms with Gasteiger partial charge in [0.25, 0.3) is 0 Å². The maximum absolute atomic E-state index is 9.63. The van der Waals surface area contributed by atoms with Gasteiger partial charge in [0, 0.05) is 6.92 Å². The SMILES string of the molecule is CC(=O)OC([O])[O]. The molecule has 0 unspecified atom stereocenters. The summed E-state index contributed by atoms with van der Waals surface area (Å²) < 4.78 is 3.50. The smallest absolute Gasteiger partial charge is 0.373 e. The second-order valence-corrected chi connectivity index (χ2v) is 0.898. The van der Waals surface area contributed by atoms with E-state index in [1.165, 1.54) is 0 Å². The summed E-state index contributed by atoms with van der Waals surface area (Å²) in [6, 6.07) is 0. The normalized spacial score (nSPS) is 9.14. The summed E-state index contributed by atoms with van der Waals surface area (Å²) >= 11 is 0. The van der Waals surface area contributed by atoms with E-state index in [-0.39, 0.29) is 0 Å². The molecular formula is C3H4O4. The summed E-state index contributed by atoms with van der Waals surface area (Å²) in [5.74, 6) is -0.838. The van der Waals surface area contributed by atoms with Crippen molar-refractivity contribution in [2.45, 2.75) is 13.4 Å². The van der Waals surface area contributed by atoms with Gasteiger partial charge in [-0.3, -0.25) is 4.79 Å². The van der Waals surface area contributed by atoms with Gasteiger partial charge in [-0.15, -0.1) is 0 Å². The monoisotopic (exact) mass is 104 g/mol. The molecular weight excluding hydrogens is 100 g/mol. The molecule has 0 spiro atoms. The number of carbonyl (C=O) groups is 1. The number of rotatable bonds is 1. The molecule has 40 valence electrons. The fraction of sp³-hybridized carbons (Fsp3) is 0.667. The summed E-state index contributed by atoms with van der Waals surface area (Å²) in [5, 5.41) is 18.7.